The fraction of sp³-hybridized carbons (Fsp3) is 0.562. The van der Waals surface area contributed by atoms with Gasteiger partial charge in [-0.25, -0.2) is 13.6 Å². The standard InChI is InChI=1S/C16H24N2O4S/c1-2-15(22-13-8-4-3-5-9-13)16(19)18-12-7-6-10-14(11-12)23(17,20)21/h6-7,10-11,13,15H,2-5,8-9H2,1H3,(H,18,19)(H2,17,20,21)/t15-/m0/s1. The zero-order valence-corrected chi connectivity index (χ0v) is 14.1. The second-order valence-electron chi connectivity index (χ2n) is 5.86. The van der Waals surface area contributed by atoms with Crippen LogP contribution >= 0.6 is 0 Å². The number of benzene rings is 1. The SMILES string of the molecule is CC[C@H](OC1CCCCC1)C(=O)Nc1cccc(S(N)(=O)=O)c1. The van der Waals surface area contributed by atoms with E-state index in [9.17, 15) is 13.2 Å². The molecule has 1 amide bonds. The normalized spacial score (nSPS) is 17.7. The first kappa shape index (κ1) is 17.9. The van der Waals surface area contributed by atoms with Gasteiger partial charge in [0.25, 0.3) is 5.91 Å². The first-order valence-electron chi connectivity index (χ1n) is 7.99. The van der Waals surface area contributed by atoms with E-state index in [-0.39, 0.29) is 16.9 Å². The minimum atomic E-state index is -3.79. The highest BCUT2D eigenvalue weighted by molar-refractivity contribution is 7.89. The summed E-state index contributed by atoms with van der Waals surface area (Å²) in [4.78, 5) is 12.3. The molecule has 1 aromatic carbocycles. The Morgan fingerprint density at radius 1 is 1.35 bits per heavy atom. The third kappa shape index (κ3) is 5.30. The lowest BCUT2D eigenvalue weighted by Gasteiger charge is -2.26. The average Bonchev–Trinajstić information content (AvgIpc) is 2.53. The molecule has 7 heteroatoms. The maximum absolute atomic E-state index is 12.4. The fourth-order valence-corrected chi connectivity index (χ4v) is 3.31. The predicted octanol–water partition coefficient (Wildman–Crippen LogP) is 2.40. The largest absolute Gasteiger partial charge is 0.365 e. The molecule has 0 heterocycles. The Kier molecular flexibility index (Phi) is 6.15. The molecular weight excluding hydrogens is 316 g/mol. The van der Waals surface area contributed by atoms with Crippen LogP contribution in [-0.4, -0.2) is 26.5 Å². The molecule has 1 saturated carbocycles. The molecule has 0 aliphatic heterocycles. The predicted molar refractivity (Wildman–Crippen MR) is 88.5 cm³/mol. The molecular formula is C16H24N2O4S. The van der Waals surface area contributed by atoms with Gasteiger partial charge in [0.05, 0.1) is 11.0 Å². The van der Waals surface area contributed by atoms with Crippen molar-refractivity contribution < 1.29 is 17.9 Å². The van der Waals surface area contributed by atoms with E-state index >= 15 is 0 Å². The highest BCUT2D eigenvalue weighted by Crippen LogP contribution is 2.23. The lowest BCUT2D eigenvalue weighted by molar-refractivity contribution is -0.132. The Bertz CT molecular complexity index is 639. The van der Waals surface area contributed by atoms with Crippen LogP contribution in [0.5, 0.6) is 0 Å². The second-order valence-corrected chi connectivity index (χ2v) is 7.42. The molecule has 0 saturated heterocycles. The first-order valence-corrected chi connectivity index (χ1v) is 9.54. The molecule has 0 aromatic heterocycles. The van der Waals surface area contributed by atoms with Crippen molar-refractivity contribution in [2.24, 2.45) is 5.14 Å². The third-order valence-corrected chi connectivity index (χ3v) is 4.91. The Balaban J connectivity index is 2.01. The smallest absolute Gasteiger partial charge is 0.253 e. The number of anilines is 1. The van der Waals surface area contributed by atoms with Crippen LogP contribution in [-0.2, 0) is 19.6 Å². The number of carbonyl (C=O) groups excluding carboxylic acids is 1. The van der Waals surface area contributed by atoms with Gasteiger partial charge in [0.15, 0.2) is 0 Å². The zero-order chi connectivity index (χ0) is 16.9. The van der Waals surface area contributed by atoms with E-state index in [4.69, 9.17) is 9.88 Å². The summed E-state index contributed by atoms with van der Waals surface area (Å²) in [6, 6.07) is 5.90. The fourth-order valence-electron chi connectivity index (χ4n) is 2.75. The molecule has 0 radical (unpaired) electrons. The van der Waals surface area contributed by atoms with Gasteiger partial charge in [-0.1, -0.05) is 32.3 Å². The lowest BCUT2D eigenvalue weighted by atomic mass is 9.97. The van der Waals surface area contributed by atoms with Crippen molar-refractivity contribution in [2.45, 2.75) is 62.6 Å². The van der Waals surface area contributed by atoms with Crippen molar-refractivity contribution in [3.8, 4) is 0 Å². The Morgan fingerprint density at radius 2 is 2.04 bits per heavy atom. The van der Waals surface area contributed by atoms with Crippen LogP contribution in [0.25, 0.3) is 0 Å². The molecule has 1 atom stereocenters. The monoisotopic (exact) mass is 340 g/mol. The number of nitrogens with two attached hydrogens (primary N) is 1. The minimum Gasteiger partial charge on any atom is -0.365 e. The van der Waals surface area contributed by atoms with E-state index in [1.54, 1.807) is 6.07 Å². The molecule has 128 valence electrons. The Hall–Kier alpha value is -1.44. The van der Waals surface area contributed by atoms with E-state index in [0.717, 1.165) is 25.7 Å². The highest BCUT2D eigenvalue weighted by Gasteiger charge is 2.23. The molecule has 3 N–H and O–H groups in total. The first-order chi connectivity index (χ1) is 10.9. The number of amides is 1. The van der Waals surface area contributed by atoms with Crippen LogP contribution in [0.2, 0.25) is 0 Å². The van der Waals surface area contributed by atoms with Crippen LogP contribution in [0.15, 0.2) is 29.2 Å². The van der Waals surface area contributed by atoms with Crippen molar-refractivity contribution in [1.29, 1.82) is 0 Å². The summed E-state index contributed by atoms with van der Waals surface area (Å²) in [5.41, 5.74) is 0.396. The summed E-state index contributed by atoms with van der Waals surface area (Å²) in [7, 11) is -3.79. The van der Waals surface area contributed by atoms with Gasteiger partial charge in [-0.15, -0.1) is 0 Å². The quantitative estimate of drug-likeness (QED) is 0.830. The molecule has 1 fully saturated rings. The van der Waals surface area contributed by atoms with Crippen LogP contribution in [0, 0.1) is 0 Å². The summed E-state index contributed by atoms with van der Waals surface area (Å²) in [5.74, 6) is -0.260. The van der Waals surface area contributed by atoms with Crippen LogP contribution in [0.3, 0.4) is 0 Å². The third-order valence-electron chi connectivity index (χ3n) is 4.00. The Labute approximate surface area is 137 Å². The van der Waals surface area contributed by atoms with Gasteiger partial charge in [0.1, 0.15) is 6.10 Å². The zero-order valence-electron chi connectivity index (χ0n) is 13.3. The summed E-state index contributed by atoms with van der Waals surface area (Å²) in [6.45, 7) is 1.90. The number of rotatable bonds is 6. The van der Waals surface area contributed by atoms with Crippen molar-refractivity contribution in [3.63, 3.8) is 0 Å². The molecule has 0 unspecified atom stereocenters. The van der Waals surface area contributed by atoms with Gasteiger partial charge in [0.2, 0.25) is 10.0 Å². The van der Waals surface area contributed by atoms with Crippen molar-refractivity contribution in [2.75, 3.05) is 5.32 Å². The van der Waals surface area contributed by atoms with Crippen LogP contribution in [0.1, 0.15) is 45.4 Å². The Morgan fingerprint density at radius 3 is 2.65 bits per heavy atom. The van der Waals surface area contributed by atoms with E-state index in [0.29, 0.717) is 12.1 Å². The van der Waals surface area contributed by atoms with E-state index < -0.39 is 16.1 Å². The molecule has 6 nitrogen and oxygen atoms in total. The van der Waals surface area contributed by atoms with E-state index in [2.05, 4.69) is 5.32 Å². The maximum Gasteiger partial charge on any atom is 0.253 e. The van der Waals surface area contributed by atoms with Gasteiger partial charge < -0.3 is 10.1 Å². The summed E-state index contributed by atoms with van der Waals surface area (Å²) < 4.78 is 28.6. The van der Waals surface area contributed by atoms with Crippen LogP contribution < -0.4 is 10.5 Å². The number of sulfonamides is 1. The number of carbonyl (C=O) groups is 1. The minimum absolute atomic E-state index is 0.0310. The highest BCUT2D eigenvalue weighted by atomic mass is 32.2. The second kappa shape index (κ2) is 7.90. The van der Waals surface area contributed by atoms with Crippen molar-refractivity contribution in [3.05, 3.63) is 24.3 Å². The van der Waals surface area contributed by atoms with Gasteiger partial charge in [-0.2, -0.15) is 0 Å². The van der Waals surface area contributed by atoms with Crippen molar-refractivity contribution >= 4 is 21.6 Å². The number of primary sulfonamides is 1. The average molecular weight is 340 g/mol. The molecule has 1 aromatic rings. The van der Waals surface area contributed by atoms with E-state index in [1.165, 1.54) is 24.6 Å². The number of hydrogen-bond acceptors (Lipinski definition) is 4. The number of nitrogens with one attached hydrogen (secondary N) is 1. The van der Waals surface area contributed by atoms with Gasteiger partial charge in [0, 0.05) is 5.69 Å². The molecule has 0 spiro atoms. The van der Waals surface area contributed by atoms with Crippen molar-refractivity contribution in [1.82, 2.24) is 0 Å². The van der Waals surface area contributed by atoms with Gasteiger partial charge in [-0.3, -0.25) is 4.79 Å². The van der Waals surface area contributed by atoms with Gasteiger partial charge >= 0.3 is 0 Å². The molecule has 23 heavy (non-hydrogen) atoms. The van der Waals surface area contributed by atoms with Crippen LogP contribution in [0.4, 0.5) is 5.69 Å². The summed E-state index contributed by atoms with van der Waals surface area (Å²) in [6.07, 6.45) is 5.65. The number of hydrogen-bond donors (Lipinski definition) is 2. The number of ether oxygens (including phenoxy) is 1. The lowest BCUT2D eigenvalue weighted by Crippen LogP contribution is -2.34. The summed E-state index contributed by atoms with van der Waals surface area (Å²) >= 11 is 0. The summed E-state index contributed by atoms with van der Waals surface area (Å²) in [5, 5.41) is 7.81. The molecule has 0 bridgehead atoms. The molecule has 1 aliphatic carbocycles. The molecule has 1 aliphatic rings. The van der Waals surface area contributed by atoms with E-state index in [1.807, 2.05) is 6.92 Å². The topological polar surface area (TPSA) is 98.5 Å². The maximum atomic E-state index is 12.4. The van der Waals surface area contributed by atoms with Gasteiger partial charge in [-0.05, 0) is 37.5 Å². The molecule has 2 rings (SSSR count).